The van der Waals surface area contributed by atoms with Gasteiger partial charge in [-0.2, -0.15) is 60.5 Å². The molecule has 2 aromatic heterocycles. The van der Waals surface area contributed by atoms with Gasteiger partial charge in [-0.05, 0) is 196 Å². The van der Waals surface area contributed by atoms with Crippen molar-refractivity contribution >= 4 is 43.6 Å². The maximum Gasteiger partial charge on any atom is 0.416 e. The van der Waals surface area contributed by atoms with E-state index in [9.17, 15) is 47.4 Å². The van der Waals surface area contributed by atoms with E-state index in [1.165, 1.54) is 36.4 Å². The minimum absolute atomic E-state index is 0.120. The van der Waals surface area contributed by atoms with Crippen LogP contribution in [-0.2, 0) is 6.18 Å². The molecule has 0 spiro atoms. The van der Waals surface area contributed by atoms with E-state index in [4.69, 9.17) is 0 Å². The molecule has 14 heteroatoms. The number of rotatable bonds is 7. The molecule has 0 saturated carbocycles. The Morgan fingerprint density at radius 3 is 0.833 bits per heavy atom. The first-order valence-corrected chi connectivity index (χ1v) is 25.5. The summed E-state index contributed by atoms with van der Waals surface area (Å²) in [6.45, 7) is 0. The maximum absolute atomic E-state index is 15.3. The van der Waals surface area contributed by atoms with Gasteiger partial charge in [-0.25, -0.2) is 0 Å². The zero-order valence-electron chi connectivity index (χ0n) is 43.4. The Bertz CT molecular complexity index is 4930. The largest absolute Gasteiger partial charge is 0.416 e. The van der Waals surface area contributed by atoms with Crippen molar-refractivity contribution in [3.8, 4) is 122 Å². The quantitative estimate of drug-likeness (QED) is 0.148. The van der Waals surface area contributed by atoms with E-state index < -0.39 is 11.7 Å². The lowest BCUT2D eigenvalue weighted by Gasteiger charge is -2.20. The fourth-order valence-electron chi connectivity index (χ4n) is 11.1. The first-order valence-electron chi connectivity index (χ1n) is 25.5. The molecule has 0 aliphatic heterocycles. The highest BCUT2D eigenvalue weighted by molar-refractivity contribution is 6.14. The average molecular weight is 1080 g/mol. The summed E-state index contributed by atoms with van der Waals surface area (Å²) >= 11 is 0. The lowest BCUT2D eigenvalue weighted by molar-refractivity contribution is -0.137. The van der Waals surface area contributed by atoms with Crippen LogP contribution in [0.1, 0.15) is 55.6 Å². The van der Waals surface area contributed by atoms with Gasteiger partial charge in [0.05, 0.1) is 144 Å². The van der Waals surface area contributed by atoms with Gasteiger partial charge in [-0.3, -0.25) is 0 Å². The van der Waals surface area contributed by atoms with E-state index in [2.05, 4.69) is 54.6 Å². The Balaban J connectivity index is 1.16. The van der Waals surface area contributed by atoms with Crippen molar-refractivity contribution in [2.24, 2.45) is 0 Å². The number of hydrogen-bond acceptors (Lipinski definition) is 9. The van der Waals surface area contributed by atoms with Crippen LogP contribution < -0.4 is 0 Å². The second kappa shape index (κ2) is 20.3. The summed E-state index contributed by atoms with van der Waals surface area (Å²) in [6, 6.07) is 68.8. The Morgan fingerprint density at radius 2 is 0.548 bits per heavy atom. The van der Waals surface area contributed by atoms with Gasteiger partial charge in [0.1, 0.15) is 0 Å². The number of hydrogen-bond donors (Lipinski definition) is 0. The molecule has 10 aromatic carbocycles. The van der Waals surface area contributed by atoms with E-state index in [1.54, 1.807) is 72.8 Å². The second-order valence-electron chi connectivity index (χ2n) is 19.8. The van der Waals surface area contributed by atoms with E-state index in [0.29, 0.717) is 105 Å². The van der Waals surface area contributed by atoms with Gasteiger partial charge in [-0.15, -0.1) is 0 Å². The Morgan fingerprint density at radius 1 is 0.250 bits per heavy atom. The van der Waals surface area contributed by atoms with Gasteiger partial charge < -0.3 is 9.13 Å². The van der Waals surface area contributed by atoms with Crippen molar-refractivity contribution in [2.45, 2.75) is 6.18 Å². The summed E-state index contributed by atoms with van der Waals surface area (Å²) in [7, 11) is 0. The third-order valence-electron chi connectivity index (χ3n) is 14.9. The van der Waals surface area contributed by atoms with Crippen molar-refractivity contribution < 1.29 is 13.2 Å². The number of halogens is 3. The summed E-state index contributed by atoms with van der Waals surface area (Å²) in [5.74, 6) is 0. The summed E-state index contributed by atoms with van der Waals surface area (Å²) in [6.07, 6.45) is -4.83. The van der Waals surface area contributed by atoms with Crippen molar-refractivity contribution in [3.63, 3.8) is 0 Å². The number of benzene rings is 10. The smallest absolute Gasteiger partial charge is 0.309 e. The van der Waals surface area contributed by atoms with Gasteiger partial charge in [-0.1, -0.05) is 30.3 Å². The average Bonchev–Trinajstić information content (AvgIpc) is 3.78. The SMILES string of the molecule is N#Cc1cc(C#N)cc(-c2ccc3c(c2)c2cc(-c4cc(C#N)cc(C#N)c4)ccc2n3-c2ccc(C(F)(F)F)cc2-c2ccc(C#N)cc2-n2c3ccc(-c4cc(C#N)cc(C#N)c4)cc3c3cc(-c4cc(C#N)cc(C#N)c4)ccc32)c1. The van der Waals surface area contributed by atoms with Gasteiger partial charge >= 0.3 is 6.18 Å². The number of aromatic nitrogens is 2. The molecule has 12 rings (SSSR count). The molecule has 0 bridgehead atoms. The normalized spacial score (nSPS) is 10.9. The van der Waals surface area contributed by atoms with Crippen molar-refractivity contribution in [1.29, 1.82) is 47.4 Å². The summed E-state index contributed by atoms with van der Waals surface area (Å²) in [5.41, 5.74) is 9.41. The zero-order chi connectivity index (χ0) is 58.6. The van der Waals surface area contributed by atoms with E-state index in [-0.39, 0.29) is 55.6 Å². The van der Waals surface area contributed by atoms with Crippen LogP contribution >= 0.6 is 0 Å². The fourth-order valence-corrected chi connectivity index (χ4v) is 11.1. The minimum atomic E-state index is -4.83. The van der Waals surface area contributed by atoms with Crippen molar-refractivity contribution in [1.82, 2.24) is 9.13 Å². The molecule has 12 aromatic rings. The highest BCUT2D eigenvalue weighted by atomic mass is 19.4. The maximum atomic E-state index is 15.3. The first-order chi connectivity index (χ1) is 40.8. The second-order valence-corrected chi connectivity index (χ2v) is 19.8. The number of nitrogens with zero attached hydrogens (tertiary/aromatic N) is 11. The van der Waals surface area contributed by atoms with Crippen LogP contribution in [0.3, 0.4) is 0 Å². The molecule has 0 saturated heterocycles. The third-order valence-corrected chi connectivity index (χ3v) is 14.9. The molecule has 0 aliphatic carbocycles. The molecule has 0 atom stereocenters. The van der Waals surface area contributed by atoms with Gasteiger partial charge in [0.25, 0.3) is 0 Å². The predicted octanol–water partition coefficient (Wildman–Crippen LogP) is 16.1. The van der Waals surface area contributed by atoms with Crippen LogP contribution in [0.15, 0.2) is 182 Å². The van der Waals surface area contributed by atoms with Crippen molar-refractivity contribution in [3.05, 3.63) is 238 Å². The number of nitriles is 9. The molecule has 0 N–H and O–H groups in total. The number of alkyl halides is 3. The van der Waals surface area contributed by atoms with Gasteiger partial charge in [0, 0.05) is 32.7 Å². The Labute approximate surface area is 476 Å². The molecular weight excluding hydrogens is 1050 g/mol. The summed E-state index contributed by atoms with van der Waals surface area (Å²) in [5, 5.41) is 92.6. The molecule has 11 nitrogen and oxygen atoms in total. The van der Waals surface area contributed by atoms with Crippen molar-refractivity contribution in [2.75, 3.05) is 0 Å². The molecule has 0 unspecified atom stereocenters. The third kappa shape index (κ3) is 8.93. The van der Waals surface area contributed by atoms with Gasteiger partial charge in [0.15, 0.2) is 0 Å². The van der Waals surface area contributed by atoms with Crippen LogP contribution in [0, 0.1) is 102 Å². The standard InChI is InChI=1S/C70H30F3N11/c71-70(72,73)57-6-12-68(83-64-8-2-49(53-17-41(32-75)13-42(18-53)33-76)26-59(64)60-27-50(3-9-65(60)83)54-19-43(34-77)14-44(20-54)35-78)63(30-57)58-7-1-40(31-74)25-69(58)84-66-10-4-51(55-21-45(36-79)15-46(22-55)37-80)28-61(66)62-29-52(5-11-67(62)84)56-23-47(38-81)16-48(24-56)39-82/h1-30H. The molecular formula is C70H30F3N11. The van der Waals surface area contributed by atoms with E-state index in [0.717, 1.165) is 12.1 Å². The highest BCUT2D eigenvalue weighted by Crippen LogP contribution is 2.46. The summed E-state index contributed by atoms with van der Waals surface area (Å²) in [4.78, 5) is 0. The lowest BCUT2D eigenvalue weighted by atomic mass is 9.96. The molecule has 0 amide bonds. The first kappa shape index (κ1) is 51.7. The molecule has 0 fully saturated rings. The van der Waals surface area contributed by atoms with Crippen LogP contribution in [0.2, 0.25) is 0 Å². The molecule has 0 aliphatic rings. The van der Waals surface area contributed by atoms with Crippen LogP contribution in [0.25, 0.3) is 111 Å². The molecule has 84 heavy (non-hydrogen) atoms. The van der Waals surface area contributed by atoms with E-state index >= 15 is 13.2 Å². The molecule has 2 heterocycles. The zero-order valence-corrected chi connectivity index (χ0v) is 43.4. The monoisotopic (exact) mass is 1080 g/mol. The number of fused-ring (bicyclic) bond motifs is 6. The predicted molar refractivity (Wildman–Crippen MR) is 310 cm³/mol. The van der Waals surface area contributed by atoms with Crippen LogP contribution in [0.4, 0.5) is 13.2 Å². The lowest BCUT2D eigenvalue weighted by Crippen LogP contribution is -2.08. The highest BCUT2D eigenvalue weighted by Gasteiger charge is 2.33. The van der Waals surface area contributed by atoms with E-state index in [1.807, 2.05) is 69.8 Å². The molecule has 386 valence electrons. The van der Waals surface area contributed by atoms with Gasteiger partial charge in [0.2, 0.25) is 0 Å². The minimum Gasteiger partial charge on any atom is -0.309 e. The fraction of sp³-hybridized carbons (Fsp3) is 0.0143. The molecule has 0 radical (unpaired) electrons. The summed E-state index contributed by atoms with van der Waals surface area (Å²) < 4.78 is 49.7. The topological polar surface area (TPSA) is 224 Å². The van der Waals surface area contributed by atoms with Crippen LogP contribution in [0.5, 0.6) is 0 Å². The Hall–Kier alpha value is -13.0. The van der Waals surface area contributed by atoms with Crippen LogP contribution in [-0.4, -0.2) is 9.13 Å². The Kier molecular flexibility index (Phi) is 12.5.